The summed E-state index contributed by atoms with van der Waals surface area (Å²) in [5.74, 6) is 0.981. The third-order valence-corrected chi connectivity index (χ3v) is 5.99. The normalized spacial score (nSPS) is 15.6. The number of hydrogen-bond donors (Lipinski definition) is 3. The lowest BCUT2D eigenvalue weighted by molar-refractivity contribution is -0.906. The predicted molar refractivity (Wildman–Crippen MR) is 119 cm³/mol. The number of rotatable bonds is 6. The highest BCUT2D eigenvalue weighted by atomic mass is 16.7. The number of amides is 1. The van der Waals surface area contributed by atoms with Crippen LogP contribution in [0.5, 0.6) is 11.5 Å². The number of aromatic amines is 1. The van der Waals surface area contributed by atoms with Gasteiger partial charge in [-0.2, -0.15) is 0 Å². The summed E-state index contributed by atoms with van der Waals surface area (Å²) >= 11 is 0. The molecular formula is C23H25N4O6+. The molecule has 0 unspecified atom stereocenters. The fourth-order valence-electron chi connectivity index (χ4n) is 4.13. The van der Waals surface area contributed by atoms with Gasteiger partial charge in [0.15, 0.2) is 11.5 Å². The molecule has 2 aliphatic heterocycles. The van der Waals surface area contributed by atoms with Crippen molar-refractivity contribution in [3.8, 4) is 11.5 Å². The van der Waals surface area contributed by atoms with E-state index in [1.165, 1.54) is 4.90 Å². The number of hydrogen-bond acceptors (Lipinski definition) is 6. The molecule has 3 heterocycles. The number of ether oxygens (including phenoxy) is 3. The van der Waals surface area contributed by atoms with Gasteiger partial charge in [-0.25, -0.2) is 4.79 Å². The number of carbonyl (C=O) groups excluding carboxylic acids is 1. The molecule has 0 aliphatic carbocycles. The Balaban J connectivity index is 1.32. The van der Waals surface area contributed by atoms with Crippen LogP contribution in [0.25, 0.3) is 10.9 Å². The summed E-state index contributed by atoms with van der Waals surface area (Å²) in [7, 11) is 0. The van der Waals surface area contributed by atoms with Gasteiger partial charge in [0.25, 0.3) is 11.5 Å². The SMILES string of the molecule is O=C(NCC[NH+]1CCOCC1)c1ccc2c(=O)n(Cc3ccc4c(c3)OCO4)c(=O)[nH]c2c1. The number of benzene rings is 2. The summed E-state index contributed by atoms with van der Waals surface area (Å²) < 4.78 is 17.1. The molecule has 3 N–H and O–H groups in total. The van der Waals surface area contributed by atoms with Crippen LogP contribution in [0.15, 0.2) is 46.0 Å². The monoisotopic (exact) mass is 453 g/mol. The second-order valence-corrected chi connectivity index (χ2v) is 8.14. The topological polar surface area (TPSA) is 116 Å². The molecule has 0 saturated carbocycles. The van der Waals surface area contributed by atoms with E-state index in [2.05, 4.69) is 10.3 Å². The van der Waals surface area contributed by atoms with Crippen LogP contribution in [0.1, 0.15) is 15.9 Å². The minimum atomic E-state index is -0.543. The molecule has 2 aliphatic rings. The minimum absolute atomic E-state index is 0.0901. The van der Waals surface area contributed by atoms with Crippen molar-refractivity contribution in [2.75, 3.05) is 46.2 Å². The van der Waals surface area contributed by atoms with Crippen molar-refractivity contribution in [3.05, 3.63) is 68.4 Å². The van der Waals surface area contributed by atoms with Crippen molar-refractivity contribution >= 4 is 16.8 Å². The van der Waals surface area contributed by atoms with Crippen LogP contribution in [0, 0.1) is 0 Å². The number of fused-ring (bicyclic) bond motifs is 2. The summed E-state index contributed by atoms with van der Waals surface area (Å²) in [5.41, 5.74) is 0.499. The molecular weight excluding hydrogens is 428 g/mol. The highest BCUT2D eigenvalue weighted by molar-refractivity contribution is 5.97. The lowest BCUT2D eigenvalue weighted by atomic mass is 10.1. The molecule has 172 valence electrons. The Morgan fingerprint density at radius 2 is 1.88 bits per heavy atom. The van der Waals surface area contributed by atoms with Crippen LogP contribution in [0.3, 0.4) is 0 Å². The summed E-state index contributed by atoms with van der Waals surface area (Å²) in [6.07, 6.45) is 0. The number of H-pyrrole nitrogens is 1. The maximum atomic E-state index is 13.0. The standard InChI is InChI=1S/C23H24N4O6/c28-21(24-5-6-26-7-9-31-10-8-26)16-2-3-17-18(12-16)25-23(30)27(22(17)29)13-15-1-4-19-20(11-15)33-14-32-19/h1-4,11-12H,5-10,13-14H2,(H,24,28)(H,25,30)/p+1. The molecule has 33 heavy (non-hydrogen) atoms. The molecule has 0 atom stereocenters. The van der Waals surface area contributed by atoms with Crippen molar-refractivity contribution in [1.82, 2.24) is 14.9 Å². The van der Waals surface area contributed by atoms with E-state index in [0.717, 1.165) is 43.0 Å². The molecule has 10 heteroatoms. The summed E-state index contributed by atoms with van der Waals surface area (Å²) in [6, 6.07) is 10.0. The number of morpholine rings is 1. The highest BCUT2D eigenvalue weighted by Crippen LogP contribution is 2.32. The fourth-order valence-corrected chi connectivity index (χ4v) is 4.13. The first kappa shape index (κ1) is 21.2. The number of aromatic nitrogens is 2. The van der Waals surface area contributed by atoms with Crippen molar-refractivity contribution in [2.45, 2.75) is 6.54 Å². The third kappa shape index (κ3) is 4.48. The van der Waals surface area contributed by atoms with Crippen LogP contribution < -0.4 is 30.9 Å². The zero-order valence-corrected chi connectivity index (χ0v) is 18.0. The van der Waals surface area contributed by atoms with Gasteiger partial charge in [-0.1, -0.05) is 6.07 Å². The van der Waals surface area contributed by atoms with Crippen LogP contribution in [-0.4, -0.2) is 61.6 Å². The smallest absolute Gasteiger partial charge is 0.329 e. The molecule has 0 bridgehead atoms. The molecule has 10 nitrogen and oxygen atoms in total. The zero-order chi connectivity index (χ0) is 22.8. The Morgan fingerprint density at radius 1 is 1.06 bits per heavy atom. The van der Waals surface area contributed by atoms with E-state index in [0.29, 0.717) is 34.5 Å². The van der Waals surface area contributed by atoms with E-state index in [9.17, 15) is 14.4 Å². The van der Waals surface area contributed by atoms with E-state index in [4.69, 9.17) is 14.2 Å². The van der Waals surface area contributed by atoms with Gasteiger partial charge >= 0.3 is 5.69 Å². The number of nitrogens with one attached hydrogen (secondary N) is 3. The molecule has 5 rings (SSSR count). The van der Waals surface area contributed by atoms with E-state index >= 15 is 0 Å². The first-order chi connectivity index (χ1) is 16.1. The molecule has 1 saturated heterocycles. The average Bonchev–Trinajstić information content (AvgIpc) is 3.30. The van der Waals surface area contributed by atoms with Crippen molar-refractivity contribution in [3.63, 3.8) is 0 Å². The molecule has 1 aromatic heterocycles. The lowest BCUT2D eigenvalue weighted by Crippen LogP contribution is -3.14. The Bertz CT molecular complexity index is 1310. The maximum absolute atomic E-state index is 13.0. The van der Waals surface area contributed by atoms with Crippen molar-refractivity contribution in [2.24, 2.45) is 0 Å². The Kier molecular flexibility index (Phi) is 5.84. The van der Waals surface area contributed by atoms with Crippen LogP contribution in [0.2, 0.25) is 0 Å². The summed E-state index contributed by atoms with van der Waals surface area (Å²) in [5, 5.41) is 3.24. The minimum Gasteiger partial charge on any atom is -0.454 e. The fraction of sp³-hybridized carbons (Fsp3) is 0.348. The van der Waals surface area contributed by atoms with Gasteiger partial charge < -0.3 is 29.4 Å². The molecule has 1 fully saturated rings. The van der Waals surface area contributed by atoms with Gasteiger partial charge in [0.1, 0.15) is 13.1 Å². The first-order valence-corrected chi connectivity index (χ1v) is 10.9. The van der Waals surface area contributed by atoms with Gasteiger partial charge in [0, 0.05) is 5.56 Å². The van der Waals surface area contributed by atoms with Crippen molar-refractivity contribution in [1.29, 1.82) is 0 Å². The summed E-state index contributed by atoms with van der Waals surface area (Å²) in [4.78, 5) is 42.3. The van der Waals surface area contributed by atoms with E-state index in [1.807, 2.05) is 0 Å². The average molecular weight is 453 g/mol. The van der Waals surface area contributed by atoms with E-state index in [-0.39, 0.29) is 19.2 Å². The quantitative estimate of drug-likeness (QED) is 0.446. The van der Waals surface area contributed by atoms with E-state index < -0.39 is 11.2 Å². The van der Waals surface area contributed by atoms with E-state index in [1.54, 1.807) is 36.4 Å². The molecule has 2 aromatic carbocycles. The van der Waals surface area contributed by atoms with Gasteiger partial charge in [-0.05, 0) is 35.9 Å². The van der Waals surface area contributed by atoms with Gasteiger partial charge in [-0.3, -0.25) is 14.2 Å². The second kappa shape index (κ2) is 9.08. The van der Waals surface area contributed by atoms with Crippen LogP contribution in [0.4, 0.5) is 0 Å². The highest BCUT2D eigenvalue weighted by Gasteiger charge is 2.17. The lowest BCUT2D eigenvalue weighted by Gasteiger charge is -2.23. The predicted octanol–water partition coefficient (Wildman–Crippen LogP) is -0.888. The molecule has 1 amide bonds. The third-order valence-electron chi connectivity index (χ3n) is 5.99. The maximum Gasteiger partial charge on any atom is 0.329 e. The van der Waals surface area contributed by atoms with Gasteiger partial charge in [0.05, 0.1) is 43.8 Å². The molecule has 0 spiro atoms. The Labute approximate surface area is 188 Å². The molecule has 3 aromatic rings. The summed E-state index contributed by atoms with van der Waals surface area (Å²) in [6.45, 7) is 4.97. The van der Waals surface area contributed by atoms with Crippen LogP contribution in [-0.2, 0) is 11.3 Å². The Hall–Kier alpha value is -3.63. The van der Waals surface area contributed by atoms with Crippen molar-refractivity contribution < 1.29 is 23.9 Å². The largest absolute Gasteiger partial charge is 0.454 e. The number of quaternary nitrogens is 1. The number of nitrogens with zero attached hydrogens (tertiary/aromatic N) is 1. The van der Waals surface area contributed by atoms with Gasteiger partial charge in [-0.15, -0.1) is 0 Å². The van der Waals surface area contributed by atoms with Crippen LogP contribution >= 0.6 is 0 Å². The Morgan fingerprint density at radius 3 is 2.73 bits per heavy atom. The first-order valence-electron chi connectivity index (χ1n) is 10.9. The molecule has 0 radical (unpaired) electrons. The number of carbonyl (C=O) groups is 1. The second-order valence-electron chi connectivity index (χ2n) is 8.14. The zero-order valence-electron chi connectivity index (χ0n) is 18.0. The van der Waals surface area contributed by atoms with Gasteiger partial charge in [0.2, 0.25) is 6.79 Å².